The Morgan fingerprint density at radius 1 is 1.50 bits per heavy atom. The summed E-state index contributed by atoms with van der Waals surface area (Å²) in [5, 5.41) is 9.40. The second kappa shape index (κ2) is 2.52. The van der Waals surface area contributed by atoms with Crippen LogP contribution in [0, 0.1) is 0 Å². The second-order valence-corrected chi connectivity index (χ2v) is 2.68. The molecule has 0 amide bonds. The third kappa shape index (κ3) is 0.863. The molecule has 0 aliphatic carbocycles. The van der Waals surface area contributed by atoms with Gasteiger partial charge in [0, 0.05) is 6.54 Å². The Morgan fingerprint density at radius 2 is 2.33 bits per heavy atom. The molecule has 0 bridgehead atoms. The third-order valence-electron chi connectivity index (χ3n) is 1.97. The predicted octanol–water partition coefficient (Wildman–Crippen LogP) is 1.76. The van der Waals surface area contributed by atoms with Crippen LogP contribution in [0.1, 0.15) is 6.92 Å². The van der Waals surface area contributed by atoms with E-state index in [1.54, 1.807) is 12.4 Å². The molecule has 0 unspecified atom stereocenters. The van der Waals surface area contributed by atoms with Gasteiger partial charge >= 0.3 is 0 Å². The van der Waals surface area contributed by atoms with Gasteiger partial charge in [-0.3, -0.25) is 0 Å². The minimum Gasteiger partial charge on any atom is -0.506 e. The molecule has 62 valence electrons. The number of para-hydroxylation sites is 1. The van der Waals surface area contributed by atoms with Crippen LogP contribution in [-0.4, -0.2) is 14.7 Å². The average molecular weight is 162 g/mol. The van der Waals surface area contributed by atoms with Crippen molar-refractivity contribution < 1.29 is 5.11 Å². The first-order valence-corrected chi connectivity index (χ1v) is 3.95. The van der Waals surface area contributed by atoms with Crippen LogP contribution >= 0.6 is 0 Å². The molecule has 0 saturated heterocycles. The van der Waals surface area contributed by atoms with Crippen LogP contribution in [0.25, 0.3) is 11.0 Å². The van der Waals surface area contributed by atoms with E-state index < -0.39 is 0 Å². The fourth-order valence-electron chi connectivity index (χ4n) is 1.33. The standard InChI is InChI=1S/C9H10N2O/c1-2-11-6-10-9-7(11)4-3-5-8(9)12/h3-6,12H,2H2,1H3. The van der Waals surface area contributed by atoms with E-state index in [9.17, 15) is 5.11 Å². The van der Waals surface area contributed by atoms with Crippen LogP contribution in [-0.2, 0) is 6.54 Å². The van der Waals surface area contributed by atoms with Crippen molar-refractivity contribution in [3.8, 4) is 5.75 Å². The molecule has 1 aromatic carbocycles. The van der Waals surface area contributed by atoms with Crippen molar-refractivity contribution in [1.82, 2.24) is 9.55 Å². The number of aromatic nitrogens is 2. The Labute approximate surface area is 70.3 Å². The molecule has 2 rings (SSSR count). The number of imidazole rings is 1. The first-order chi connectivity index (χ1) is 5.83. The number of hydrogen-bond acceptors (Lipinski definition) is 2. The maximum atomic E-state index is 9.40. The molecule has 0 spiro atoms. The minimum absolute atomic E-state index is 0.250. The van der Waals surface area contributed by atoms with Gasteiger partial charge in [-0.2, -0.15) is 0 Å². The summed E-state index contributed by atoms with van der Waals surface area (Å²) in [4.78, 5) is 4.10. The Bertz CT molecular complexity index is 406. The summed E-state index contributed by atoms with van der Waals surface area (Å²) < 4.78 is 2.00. The highest BCUT2D eigenvalue weighted by Crippen LogP contribution is 2.21. The minimum atomic E-state index is 0.250. The highest BCUT2D eigenvalue weighted by atomic mass is 16.3. The molecule has 1 heterocycles. The van der Waals surface area contributed by atoms with Crippen molar-refractivity contribution in [1.29, 1.82) is 0 Å². The van der Waals surface area contributed by atoms with Crippen LogP contribution < -0.4 is 0 Å². The first-order valence-electron chi connectivity index (χ1n) is 3.95. The number of benzene rings is 1. The van der Waals surface area contributed by atoms with E-state index >= 15 is 0 Å². The Morgan fingerprint density at radius 3 is 3.08 bits per heavy atom. The van der Waals surface area contributed by atoms with Crippen molar-refractivity contribution in [3.63, 3.8) is 0 Å². The van der Waals surface area contributed by atoms with E-state index in [0.29, 0.717) is 5.52 Å². The fraction of sp³-hybridized carbons (Fsp3) is 0.222. The number of aryl methyl sites for hydroxylation is 1. The number of aromatic hydroxyl groups is 1. The summed E-state index contributed by atoms with van der Waals surface area (Å²) in [5.74, 6) is 0.250. The van der Waals surface area contributed by atoms with Gasteiger partial charge in [-0.25, -0.2) is 4.98 Å². The maximum absolute atomic E-state index is 9.40. The Kier molecular flexibility index (Phi) is 1.50. The molecule has 0 aliphatic rings. The monoisotopic (exact) mass is 162 g/mol. The van der Waals surface area contributed by atoms with Crippen LogP contribution in [0.15, 0.2) is 24.5 Å². The Balaban J connectivity index is 2.80. The number of phenolic OH excluding ortho intramolecular Hbond substituents is 1. The van der Waals surface area contributed by atoms with Gasteiger partial charge in [0.2, 0.25) is 0 Å². The SMILES string of the molecule is CCn1cnc2c(O)cccc21. The van der Waals surface area contributed by atoms with E-state index in [2.05, 4.69) is 4.98 Å². The molecule has 3 nitrogen and oxygen atoms in total. The smallest absolute Gasteiger partial charge is 0.143 e. The van der Waals surface area contributed by atoms with Crippen LogP contribution in [0.2, 0.25) is 0 Å². The molecular formula is C9H10N2O. The molecule has 12 heavy (non-hydrogen) atoms. The molecular weight excluding hydrogens is 152 g/mol. The third-order valence-corrected chi connectivity index (χ3v) is 1.97. The largest absolute Gasteiger partial charge is 0.506 e. The van der Waals surface area contributed by atoms with Crippen molar-refractivity contribution in [2.24, 2.45) is 0 Å². The van der Waals surface area contributed by atoms with Gasteiger partial charge in [0.1, 0.15) is 11.3 Å². The van der Waals surface area contributed by atoms with Crippen LogP contribution in [0.4, 0.5) is 0 Å². The molecule has 0 saturated carbocycles. The van der Waals surface area contributed by atoms with Gasteiger partial charge in [0.15, 0.2) is 0 Å². The zero-order valence-electron chi connectivity index (χ0n) is 6.86. The highest BCUT2D eigenvalue weighted by molar-refractivity contribution is 5.81. The second-order valence-electron chi connectivity index (χ2n) is 2.68. The van der Waals surface area contributed by atoms with Gasteiger partial charge in [-0.15, -0.1) is 0 Å². The normalized spacial score (nSPS) is 10.8. The fourth-order valence-corrected chi connectivity index (χ4v) is 1.33. The lowest BCUT2D eigenvalue weighted by Crippen LogP contribution is -1.89. The van der Waals surface area contributed by atoms with Crippen LogP contribution in [0.5, 0.6) is 5.75 Å². The number of phenols is 1. The molecule has 0 fully saturated rings. The van der Waals surface area contributed by atoms with E-state index in [0.717, 1.165) is 12.1 Å². The van der Waals surface area contributed by atoms with E-state index in [1.165, 1.54) is 0 Å². The van der Waals surface area contributed by atoms with E-state index in [-0.39, 0.29) is 5.75 Å². The van der Waals surface area contributed by atoms with Crippen LogP contribution in [0.3, 0.4) is 0 Å². The van der Waals surface area contributed by atoms with Gasteiger partial charge in [-0.05, 0) is 19.1 Å². The lowest BCUT2D eigenvalue weighted by molar-refractivity contribution is 0.480. The molecule has 1 N–H and O–H groups in total. The summed E-state index contributed by atoms with van der Waals surface area (Å²) in [6.45, 7) is 2.92. The highest BCUT2D eigenvalue weighted by Gasteiger charge is 2.03. The summed E-state index contributed by atoms with van der Waals surface area (Å²) >= 11 is 0. The zero-order chi connectivity index (χ0) is 8.55. The first kappa shape index (κ1) is 7.16. The van der Waals surface area contributed by atoms with Crippen molar-refractivity contribution in [2.45, 2.75) is 13.5 Å². The molecule has 3 heteroatoms. The van der Waals surface area contributed by atoms with Gasteiger partial charge < -0.3 is 9.67 Å². The van der Waals surface area contributed by atoms with Crippen molar-refractivity contribution in [3.05, 3.63) is 24.5 Å². The molecule has 0 radical (unpaired) electrons. The average Bonchev–Trinajstić information content (AvgIpc) is 2.49. The number of hydrogen-bond donors (Lipinski definition) is 1. The summed E-state index contributed by atoms with van der Waals surface area (Å²) in [7, 11) is 0. The number of fused-ring (bicyclic) bond motifs is 1. The molecule has 2 aromatic rings. The van der Waals surface area contributed by atoms with Crippen molar-refractivity contribution >= 4 is 11.0 Å². The maximum Gasteiger partial charge on any atom is 0.143 e. The predicted molar refractivity (Wildman–Crippen MR) is 47.1 cm³/mol. The molecule has 0 aliphatic heterocycles. The quantitative estimate of drug-likeness (QED) is 0.693. The van der Waals surface area contributed by atoms with E-state index in [4.69, 9.17) is 0 Å². The number of nitrogens with zero attached hydrogens (tertiary/aromatic N) is 2. The lowest BCUT2D eigenvalue weighted by atomic mass is 10.3. The van der Waals surface area contributed by atoms with E-state index in [1.807, 2.05) is 23.6 Å². The summed E-state index contributed by atoms with van der Waals surface area (Å²) in [6.07, 6.45) is 1.74. The zero-order valence-corrected chi connectivity index (χ0v) is 6.86. The summed E-state index contributed by atoms with van der Waals surface area (Å²) in [5.41, 5.74) is 1.66. The lowest BCUT2D eigenvalue weighted by Gasteiger charge is -1.97. The number of rotatable bonds is 1. The molecule has 1 aromatic heterocycles. The van der Waals surface area contributed by atoms with Crippen molar-refractivity contribution in [2.75, 3.05) is 0 Å². The topological polar surface area (TPSA) is 38.0 Å². The Hall–Kier alpha value is -1.51. The molecule has 0 atom stereocenters. The summed E-state index contributed by atoms with van der Waals surface area (Å²) in [6, 6.07) is 5.42. The van der Waals surface area contributed by atoms with Gasteiger partial charge in [-0.1, -0.05) is 6.07 Å². The van der Waals surface area contributed by atoms with Gasteiger partial charge in [0.05, 0.1) is 11.8 Å². The van der Waals surface area contributed by atoms with Gasteiger partial charge in [0.25, 0.3) is 0 Å².